The minimum absolute atomic E-state index is 0.0138. The molecule has 0 spiro atoms. The number of carbonyl (C=O) groups is 1. The molecule has 0 saturated carbocycles. The summed E-state index contributed by atoms with van der Waals surface area (Å²) in [4.78, 5) is 18.9. The third kappa shape index (κ3) is 4.96. The van der Waals surface area contributed by atoms with E-state index < -0.39 is 21.8 Å². The molecule has 4 rings (SSSR count). The van der Waals surface area contributed by atoms with Crippen molar-refractivity contribution in [3.05, 3.63) is 65.8 Å². The third-order valence-corrected chi connectivity index (χ3v) is 7.67. The quantitative estimate of drug-likeness (QED) is 0.546. The van der Waals surface area contributed by atoms with Crippen molar-refractivity contribution in [1.29, 1.82) is 0 Å². The van der Waals surface area contributed by atoms with Crippen LogP contribution >= 0.6 is 0 Å². The van der Waals surface area contributed by atoms with E-state index in [0.29, 0.717) is 31.1 Å². The van der Waals surface area contributed by atoms with E-state index in [1.807, 2.05) is 31.2 Å². The number of hydrogen-bond acceptors (Lipinski definition) is 6. The summed E-state index contributed by atoms with van der Waals surface area (Å²) >= 11 is 0. The number of carbonyl (C=O) groups excluding carboxylic acids is 1. The summed E-state index contributed by atoms with van der Waals surface area (Å²) in [5, 5.41) is 4.02. The molecule has 1 aliphatic rings. The Labute approximate surface area is 192 Å². The predicted octanol–water partition coefficient (Wildman–Crippen LogP) is 3.24. The number of piperidine rings is 1. The maximum Gasteiger partial charge on any atom is 0.246 e. The lowest BCUT2D eigenvalue weighted by Crippen LogP contribution is -2.45. The molecule has 1 atom stereocenters. The van der Waals surface area contributed by atoms with Crippen LogP contribution in [0.3, 0.4) is 0 Å². The zero-order valence-electron chi connectivity index (χ0n) is 18.4. The second kappa shape index (κ2) is 9.40. The Kier molecular flexibility index (Phi) is 6.57. The van der Waals surface area contributed by atoms with Crippen LogP contribution in [0.25, 0.3) is 11.4 Å². The molecule has 8 nitrogen and oxygen atoms in total. The molecule has 174 valence electrons. The first kappa shape index (κ1) is 23.1. The van der Waals surface area contributed by atoms with Crippen LogP contribution in [0.4, 0.5) is 4.39 Å². The van der Waals surface area contributed by atoms with Crippen molar-refractivity contribution in [2.24, 2.45) is 5.92 Å². The molecular formula is C23H25FN4O4S. The van der Waals surface area contributed by atoms with Gasteiger partial charge in [0.1, 0.15) is 5.82 Å². The Morgan fingerprint density at radius 1 is 1.21 bits per heavy atom. The van der Waals surface area contributed by atoms with Crippen molar-refractivity contribution in [2.75, 3.05) is 20.1 Å². The Morgan fingerprint density at radius 3 is 2.67 bits per heavy atom. The van der Waals surface area contributed by atoms with Gasteiger partial charge in [-0.05, 0) is 49.6 Å². The minimum atomic E-state index is -3.81. The molecular weight excluding hydrogens is 447 g/mol. The van der Waals surface area contributed by atoms with Crippen LogP contribution in [0, 0.1) is 18.7 Å². The third-order valence-electron chi connectivity index (χ3n) is 5.79. The van der Waals surface area contributed by atoms with E-state index in [1.165, 1.54) is 21.3 Å². The number of hydrogen-bond donors (Lipinski definition) is 0. The summed E-state index contributed by atoms with van der Waals surface area (Å²) < 4.78 is 45.7. The summed E-state index contributed by atoms with van der Waals surface area (Å²) in [6, 6.07) is 12.4. The molecule has 1 fully saturated rings. The number of rotatable bonds is 6. The highest BCUT2D eigenvalue weighted by Crippen LogP contribution is 2.26. The molecule has 2 aromatic carbocycles. The zero-order valence-corrected chi connectivity index (χ0v) is 19.3. The van der Waals surface area contributed by atoms with E-state index in [1.54, 1.807) is 7.05 Å². The summed E-state index contributed by atoms with van der Waals surface area (Å²) in [5.41, 5.74) is 1.87. The van der Waals surface area contributed by atoms with E-state index >= 15 is 0 Å². The molecule has 0 aliphatic carbocycles. The second-order valence-corrected chi connectivity index (χ2v) is 10.1. The summed E-state index contributed by atoms with van der Waals surface area (Å²) in [6.45, 7) is 2.46. The van der Waals surface area contributed by atoms with Gasteiger partial charge in [-0.3, -0.25) is 4.79 Å². The van der Waals surface area contributed by atoms with Gasteiger partial charge < -0.3 is 9.42 Å². The standard InChI is InChI=1S/C23H25FN4O4S/c1-16-6-3-4-8-20(16)22-25-21(32-26-22)15-27(2)23(29)17-7-5-13-28(14-17)33(30,31)19-11-9-18(24)10-12-19/h3-4,6,8-12,17H,5,7,13-15H2,1-2H3/t17-/m1/s1. The van der Waals surface area contributed by atoms with E-state index in [-0.39, 0.29) is 23.9 Å². The number of aromatic nitrogens is 2. The second-order valence-electron chi connectivity index (χ2n) is 8.18. The van der Waals surface area contributed by atoms with Crippen LogP contribution in [-0.4, -0.2) is 53.8 Å². The normalized spacial score (nSPS) is 17.1. The molecule has 0 unspecified atom stereocenters. The Balaban J connectivity index is 1.42. The maximum absolute atomic E-state index is 13.2. The first-order valence-corrected chi connectivity index (χ1v) is 12.1. The zero-order chi connectivity index (χ0) is 23.6. The maximum atomic E-state index is 13.2. The average molecular weight is 473 g/mol. The molecule has 0 radical (unpaired) electrons. The lowest BCUT2D eigenvalue weighted by atomic mass is 9.98. The van der Waals surface area contributed by atoms with Gasteiger partial charge in [0.2, 0.25) is 27.6 Å². The highest BCUT2D eigenvalue weighted by Gasteiger charge is 2.34. The molecule has 0 N–H and O–H groups in total. The van der Waals surface area contributed by atoms with Gasteiger partial charge in [-0.15, -0.1) is 0 Å². The van der Waals surface area contributed by atoms with E-state index in [2.05, 4.69) is 10.1 Å². The molecule has 2 heterocycles. The van der Waals surface area contributed by atoms with Gasteiger partial charge in [0.25, 0.3) is 0 Å². The van der Waals surface area contributed by atoms with Crippen LogP contribution in [0.2, 0.25) is 0 Å². The van der Waals surface area contributed by atoms with Crippen molar-refractivity contribution in [3.63, 3.8) is 0 Å². The molecule has 1 amide bonds. The number of amides is 1. The molecule has 0 bridgehead atoms. The molecule has 1 aliphatic heterocycles. The highest BCUT2D eigenvalue weighted by molar-refractivity contribution is 7.89. The molecule has 1 aromatic heterocycles. The van der Waals surface area contributed by atoms with Gasteiger partial charge in [0.05, 0.1) is 17.4 Å². The van der Waals surface area contributed by atoms with Crippen LogP contribution < -0.4 is 0 Å². The van der Waals surface area contributed by atoms with Gasteiger partial charge in [-0.25, -0.2) is 12.8 Å². The van der Waals surface area contributed by atoms with Crippen molar-refractivity contribution in [3.8, 4) is 11.4 Å². The van der Waals surface area contributed by atoms with Crippen molar-refractivity contribution >= 4 is 15.9 Å². The van der Waals surface area contributed by atoms with Crippen LogP contribution in [0.5, 0.6) is 0 Å². The van der Waals surface area contributed by atoms with Gasteiger partial charge >= 0.3 is 0 Å². The molecule has 10 heteroatoms. The fraction of sp³-hybridized carbons (Fsp3) is 0.348. The number of halogens is 1. The first-order chi connectivity index (χ1) is 15.8. The average Bonchev–Trinajstić information content (AvgIpc) is 3.27. The van der Waals surface area contributed by atoms with E-state index in [4.69, 9.17) is 4.52 Å². The van der Waals surface area contributed by atoms with Crippen molar-refractivity contribution < 1.29 is 22.1 Å². The predicted molar refractivity (Wildman–Crippen MR) is 119 cm³/mol. The number of nitrogens with zero attached hydrogens (tertiary/aromatic N) is 4. The molecule has 3 aromatic rings. The topological polar surface area (TPSA) is 96.6 Å². The minimum Gasteiger partial charge on any atom is -0.337 e. The van der Waals surface area contributed by atoms with E-state index in [9.17, 15) is 17.6 Å². The molecule has 1 saturated heterocycles. The fourth-order valence-corrected chi connectivity index (χ4v) is 5.49. The Bertz CT molecular complexity index is 1240. The summed E-state index contributed by atoms with van der Waals surface area (Å²) in [5.74, 6) is -0.426. The largest absolute Gasteiger partial charge is 0.337 e. The van der Waals surface area contributed by atoms with Gasteiger partial charge in [0, 0.05) is 25.7 Å². The van der Waals surface area contributed by atoms with E-state index in [0.717, 1.165) is 23.3 Å². The summed E-state index contributed by atoms with van der Waals surface area (Å²) in [7, 11) is -2.17. The van der Waals surface area contributed by atoms with Crippen molar-refractivity contribution in [2.45, 2.75) is 31.2 Å². The molecule has 33 heavy (non-hydrogen) atoms. The van der Waals surface area contributed by atoms with Gasteiger partial charge in [-0.2, -0.15) is 9.29 Å². The SMILES string of the molecule is Cc1ccccc1-c1noc(CN(C)C(=O)[C@@H]2CCCN(S(=O)(=O)c3ccc(F)cc3)C2)n1. The van der Waals surface area contributed by atoms with Crippen molar-refractivity contribution in [1.82, 2.24) is 19.3 Å². The van der Waals surface area contributed by atoms with Gasteiger partial charge in [-0.1, -0.05) is 29.4 Å². The smallest absolute Gasteiger partial charge is 0.246 e. The Morgan fingerprint density at radius 2 is 1.94 bits per heavy atom. The monoisotopic (exact) mass is 472 g/mol. The number of aryl methyl sites for hydroxylation is 1. The number of sulfonamides is 1. The fourth-order valence-electron chi connectivity index (χ4n) is 3.96. The number of benzene rings is 2. The van der Waals surface area contributed by atoms with Crippen LogP contribution in [-0.2, 0) is 21.4 Å². The van der Waals surface area contributed by atoms with Crippen LogP contribution in [0.15, 0.2) is 57.9 Å². The highest BCUT2D eigenvalue weighted by atomic mass is 32.2. The Hall–Kier alpha value is -3.11. The lowest BCUT2D eigenvalue weighted by Gasteiger charge is -2.33. The first-order valence-electron chi connectivity index (χ1n) is 10.6. The lowest BCUT2D eigenvalue weighted by molar-refractivity contribution is -0.136. The summed E-state index contributed by atoms with van der Waals surface area (Å²) in [6.07, 6.45) is 1.14. The van der Waals surface area contributed by atoms with Crippen LogP contribution in [0.1, 0.15) is 24.3 Å². The van der Waals surface area contributed by atoms with Gasteiger partial charge in [0.15, 0.2) is 0 Å².